The number of hydrogen-bond acceptors (Lipinski definition) is 3. The van der Waals surface area contributed by atoms with Crippen LogP contribution in [0.2, 0.25) is 0 Å². The minimum atomic E-state index is -0.360. The van der Waals surface area contributed by atoms with E-state index in [-0.39, 0.29) is 17.8 Å². The molecule has 0 radical (unpaired) electrons. The maximum Gasteiger partial charge on any atom is 0.340 e. The number of ether oxygens (including phenoxy) is 1. The maximum absolute atomic E-state index is 12.9. The van der Waals surface area contributed by atoms with E-state index < -0.39 is 0 Å². The van der Waals surface area contributed by atoms with Crippen LogP contribution in [0.15, 0.2) is 0 Å². The third-order valence-corrected chi connectivity index (χ3v) is 4.91. The third kappa shape index (κ3) is 3.64. The summed E-state index contributed by atoms with van der Waals surface area (Å²) in [7, 11) is 2.19. The first-order valence-electron chi connectivity index (χ1n) is 8.43. The number of likely N-dealkylation sites (N-methyl/N-ethyl adjacent to an activating group) is 1. The van der Waals surface area contributed by atoms with Crippen LogP contribution < -0.4 is 9.80 Å². The molecule has 23 heavy (non-hydrogen) atoms. The fourth-order valence-electron chi connectivity index (χ4n) is 3.34. The van der Waals surface area contributed by atoms with Crippen molar-refractivity contribution in [3.63, 3.8) is 0 Å². The van der Waals surface area contributed by atoms with E-state index in [1.165, 1.54) is 9.80 Å². The zero-order valence-corrected chi connectivity index (χ0v) is 14.8. The van der Waals surface area contributed by atoms with Gasteiger partial charge in [-0.2, -0.15) is 0 Å². The van der Waals surface area contributed by atoms with Gasteiger partial charge in [-0.25, -0.2) is 4.79 Å². The topological polar surface area (TPSA) is 68.0 Å². The van der Waals surface area contributed by atoms with Gasteiger partial charge in [-0.1, -0.05) is 0 Å². The molecule has 1 aromatic heterocycles. The standard InChI is InChI=1S/C17H27N3O3/c1-6-23-17(22)14-11(2)15(18-12(14)3)16(21)13(4)20-9-7-19(5)8-10-20/h13,18H,6-10H2,1-5H3/p+2/t13-/m1/s1. The number of quaternary nitrogens is 2. The average molecular weight is 323 g/mol. The second-order valence-electron chi connectivity index (χ2n) is 6.55. The summed E-state index contributed by atoms with van der Waals surface area (Å²) >= 11 is 0. The van der Waals surface area contributed by atoms with E-state index >= 15 is 0 Å². The quantitative estimate of drug-likeness (QED) is 0.471. The number of carbonyl (C=O) groups is 2. The third-order valence-electron chi connectivity index (χ3n) is 4.91. The second kappa shape index (κ2) is 7.27. The number of rotatable bonds is 5. The number of piperazine rings is 1. The highest BCUT2D eigenvalue weighted by Crippen LogP contribution is 2.20. The highest BCUT2D eigenvalue weighted by atomic mass is 16.5. The molecule has 0 unspecified atom stereocenters. The Morgan fingerprint density at radius 1 is 1.22 bits per heavy atom. The molecule has 6 nitrogen and oxygen atoms in total. The zero-order chi connectivity index (χ0) is 17.1. The van der Waals surface area contributed by atoms with Gasteiger partial charge in [0, 0.05) is 5.69 Å². The van der Waals surface area contributed by atoms with Crippen LogP contribution >= 0.6 is 0 Å². The first-order chi connectivity index (χ1) is 10.9. The molecular weight excluding hydrogens is 294 g/mol. The second-order valence-corrected chi connectivity index (χ2v) is 6.55. The molecule has 0 amide bonds. The molecule has 2 rings (SSSR count). The summed E-state index contributed by atoms with van der Waals surface area (Å²) in [6.07, 6.45) is 0. The number of esters is 1. The van der Waals surface area contributed by atoms with Crippen molar-refractivity contribution in [2.45, 2.75) is 33.7 Å². The number of aromatic nitrogens is 1. The Labute approximate surface area is 137 Å². The minimum Gasteiger partial charge on any atom is -0.462 e. The Bertz CT molecular complexity index is 586. The summed E-state index contributed by atoms with van der Waals surface area (Å²) in [6, 6.07) is -0.102. The molecule has 2 heterocycles. The van der Waals surface area contributed by atoms with Gasteiger partial charge in [-0.3, -0.25) is 4.79 Å². The Morgan fingerprint density at radius 3 is 2.39 bits per heavy atom. The lowest BCUT2D eigenvalue weighted by atomic mass is 10.0. The lowest BCUT2D eigenvalue weighted by Crippen LogP contribution is -3.29. The number of ketones is 1. The molecular formula is C17H29N3O3+2. The summed E-state index contributed by atoms with van der Waals surface area (Å²) in [6.45, 7) is 11.9. The van der Waals surface area contributed by atoms with Crippen LogP contribution in [-0.4, -0.2) is 62.6 Å². The fourth-order valence-corrected chi connectivity index (χ4v) is 3.34. The van der Waals surface area contributed by atoms with Gasteiger partial charge in [0.1, 0.15) is 26.2 Å². The highest BCUT2D eigenvalue weighted by molar-refractivity contribution is 6.03. The summed E-state index contributed by atoms with van der Waals surface area (Å²) in [5.41, 5.74) is 2.46. The molecule has 0 aromatic carbocycles. The lowest BCUT2D eigenvalue weighted by molar-refractivity contribution is -1.01. The number of aromatic amines is 1. The number of Topliss-reactive ketones (excluding diaryl/α,β-unsaturated/α-hetero) is 1. The first kappa shape index (κ1) is 17.7. The number of nitrogens with one attached hydrogen (secondary N) is 3. The SMILES string of the molecule is CCOC(=O)c1c(C)[nH]c(C(=O)[C@@H](C)[NH+]2CC[NH+](C)CC2)c1C. The van der Waals surface area contributed by atoms with Crippen LogP contribution in [-0.2, 0) is 4.74 Å². The molecule has 1 aliphatic rings. The van der Waals surface area contributed by atoms with Crippen LogP contribution in [0.25, 0.3) is 0 Å². The average Bonchev–Trinajstić information content (AvgIpc) is 2.81. The Morgan fingerprint density at radius 2 is 1.83 bits per heavy atom. The zero-order valence-electron chi connectivity index (χ0n) is 14.8. The molecule has 1 fully saturated rings. The van der Waals surface area contributed by atoms with Gasteiger partial charge in [0.2, 0.25) is 5.78 Å². The van der Waals surface area contributed by atoms with Crippen LogP contribution in [0.4, 0.5) is 0 Å². The molecule has 6 heteroatoms. The fraction of sp³-hybridized carbons (Fsp3) is 0.647. The van der Waals surface area contributed by atoms with Crippen molar-refractivity contribution in [2.24, 2.45) is 0 Å². The molecule has 0 spiro atoms. The van der Waals surface area contributed by atoms with Gasteiger partial charge in [-0.15, -0.1) is 0 Å². The number of H-pyrrole nitrogens is 1. The van der Waals surface area contributed by atoms with E-state index in [0.29, 0.717) is 29.1 Å². The predicted molar refractivity (Wildman–Crippen MR) is 87.3 cm³/mol. The Balaban J connectivity index is 2.19. The maximum atomic E-state index is 12.9. The van der Waals surface area contributed by atoms with E-state index in [9.17, 15) is 9.59 Å². The smallest absolute Gasteiger partial charge is 0.340 e. The molecule has 0 aliphatic carbocycles. The van der Waals surface area contributed by atoms with Gasteiger partial charge in [-0.05, 0) is 33.3 Å². The van der Waals surface area contributed by atoms with Crippen LogP contribution in [0.1, 0.15) is 46.0 Å². The van der Waals surface area contributed by atoms with E-state index in [1.54, 1.807) is 6.92 Å². The van der Waals surface area contributed by atoms with Crippen molar-refractivity contribution < 1.29 is 24.1 Å². The van der Waals surface area contributed by atoms with Gasteiger partial charge in [0.05, 0.1) is 24.9 Å². The summed E-state index contributed by atoms with van der Waals surface area (Å²) in [5, 5.41) is 0. The van der Waals surface area contributed by atoms with E-state index in [1.807, 2.05) is 20.8 Å². The molecule has 1 aromatic rings. The van der Waals surface area contributed by atoms with Crippen molar-refractivity contribution in [3.05, 3.63) is 22.5 Å². The number of carbonyl (C=O) groups excluding carboxylic acids is 2. The van der Waals surface area contributed by atoms with Gasteiger partial charge < -0.3 is 19.5 Å². The van der Waals surface area contributed by atoms with Crippen molar-refractivity contribution >= 4 is 11.8 Å². The summed E-state index contributed by atoms with van der Waals surface area (Å²) in [4.78, 5) is 30.9. The molecule has 0 saturated carbocycles. The van der Waals surface area contributed by atoms with Crippen LogP contribution in [0.3, 0.4) is 0 Å². The van der Waals surface area contributed by atoms with Gasteiger partial charge >= 0.3 is 5.97 Å². The van der Waals surface area contributed by atoms with Crippen LogP contribution in [0, 0.1) is 13.8 Å². The van der Waals surface area contributed by atoms with Crippen molar-refractivity contribution in [1.82, 2.24) is 4.98 Å². The first-order valence-corrected chi connectivity index (χ1v) is 8.43. The van der Waals surface area contributed by atoms with Crippen LogP contribution in [0.5, 0.6) is 0 Å². The lowest BCUT2D eigenvalue weighted by Gasteiger charge is -2.30. The summed E-state index contributed by atoms with van der Waals surface area (Å²) < 4.78 is 5.09. The molecule has 3 N–H and O–H groups in total. The molecule has 0 bridgehead atoms. The molecule has 1 atom stereocenters. The number of aryl methyl sites for hydroxylation is 1. The van der Waals surface area contributed by atoms with Crippen molar-refractivity contribution in [2.75, 3.05) is 39.8 Å². The van der Waals surface area contributed by atoms with Crippen molar-refractivity contribution in [1.29, 1.82) is 0 Å². The van der Waals surface area contributed by atoms with E-state index in [4.69, 9.17) is 4.74 Å². The normalized spacial score (nSPS) is 22.7. The monoisotopic (exact) mass is 323 g/mol. The summed E-state index contributed by atoms with van der Waals surface area (Å²) in [5.74, 6) is -0.281. The highest BCUT2D eigenvalue weighted by Gasteiger charge is 2.33. The Hall–Kier alpha value is -1.66. The largest absolute Gasteiger partial charge is 0.462 e. The number of hydrogen-bond donors (Lipinski definition) is 3. The molecule has 128 valence electrons. The predicted octanol–water partition coefficient (Wildman–Crippen LogP) is -1.21. The van der Waals surface area contributed by atoms with Crippen molar-refractivity contribution in [3.8, 4) is 0 Å². The molecule has 1 saturated heterocycles. The van der Waals surface area contributed by atoms with Gasteiger partial charge in [0.15, 0.2) is 6.04 Å². The Kier molecular flexibility index (Phi) is 5.59. The molecule has 1 aliphatic heterocycles. The van der Waals surface area contributed by atoms with Gasteiger partial charge in [0.25, 0.3) is 0 Å². The van der Waals surface area contributed by atoms with E-state index in [2.05, 4.69) is 12.0 Å². The minimum absolute atomic E-state index is 0.0794. The van der Waals surface area contributed by atoms with E-state index in [0.717, 1.165) is 26.2 Å².